The predicted molar refractivity (Wildman–Crippen MR) is 74.0 cm³/mol. The van der Waals surface area contributed by atoms with Gasteiger partial charge in [-0.15, -0.1) is 0 Å². The first-order valence-electron chi connectivity index (χ1n) is 6.23. The average Bonchev–Trinajstić information content (AvgIpc) is 2.38. The van der Waals surface area contributed by atoms with Crippen molar-refractivity contribution in [3.05, 3.63) is 35.4 Å². The molecule has 0 heterocycles. The first-order chi connectivity index (χ1) is 9.06. The highest BCUT2D eigenvalue weighted by molar-refractivity contribution is 5.94. The van der Waals surface area contributed by atoms with Crippen LogP contribution in [0.3, 0.4) is 0 Å². The summed E-state index contributed by atoms with van der Waals surface area (Å²) in [6.07, 6.45) is -0.503. The van der Waals surface area contributed by atoms with Crippen LogP contribution in [-0.2, 0) is 11.3 Å². The number of hydrogen-bond acceptors (Lipinski definition) is 4. The molecule has 5 nitrogen and oxygen atoms in total. The van der Waals surface area contributed by atoms with Crippen LogP contribution in [0.25, 0.3) is 0 Å². The smallest absolute Gasteiger partial charge is 0.251 e. The highest BCUT2D eigenvalue weighted by Gasteiger charge is 2.09. The number of nitrogens with one attached hydrogen (secondary N) is 1. The molecule has 1 aromatic rings. The summed E-state index contributed by atoms with van der Waals surface area (Å²) in [7, 11) is 5.10. The fourth-order valence-corrected chi connectivity index (χ4v) is 1.94. The number of carbonyl (C=O) groups is 1. The fourth-order valence-electron chi connectivity index (χ4n) is 1.94. The maximum Gasteiger partial charge on any atom is 0.251 e. The Bertz CT molecular complexity index is 409. The molecule has 0 aromatic heterocycles. The van der Waals surface area contributed by atoms with E-state index in [1.54, 1.807) is 20.2 Å². The minimum atomic E-state index is -0.503. The fraction of sp³-hybridized carbons (Fsp3) is 0.500. The van der Waals surface area contributed by atoms with Crippen LogP contribution in [0.5, 0.6) is 0 Å². The third-order valence-corrected chi connectivity index (χ3v) is 2.75. The molecule has 5 heteroatoms. The molecule has 0 unspecified atom stereocenters. The average molecular weight is 266 g/mol. The molecule has 0 aliphatic rings. The molecule has 2 N–H and O–H groups in total. The van der Waals surface area contributed by atoms with Gasteiger partial charge < -0.3 is 15.2 Å². The summed E-state index contributed by atoms with van der Waals surface area (Å²) in [5.41, 5.74) is 1.68. The van der Waals surface area contributed by atoms with Crippen LogP contribution in [-0.4, -0.2) is 56.4 Å². The van der Waals surface area contributed by atoms with Gasteiger partial charge in [-0.25, -0.2) is 0 Å². The minimum Gasteiger partial charge on any atom is -0.389 e. The van der Waals surface area contributed by atoms with E-state index in [0.717, 1.165) is 5.56 Å². The Morgan fingerprint density at radius 3 is 2.89 bits per heavy atom. The minimum absolute atomic E-state index is 0.0936. The molecular weight excluding hydrogens is 244 g/mol. The monoisotopic (exact) mass is 266 g/mol. The van der Waals surface area contributed by atoms with Crippen LogP contribution in [0.15, 0.2) is 24.3 Å². The second kappa shape index (κ2) is 7.89. The first-order valence-corrected chi connectivity index (χ1v) is 6.23. The molecule has 0 bridgehead atoms. The number of methoxy groups -OCH3 is 1. The number of aliphatic hydroxyl groups is 1. The number of aliphatic hydroxyl groups excluding tert-OH is 1. The molecule has 0 saturated heterocycles. The number of benzene rings is 1. The van der Waals surface area contributed by atoms with E-state index in [0.29, 0.717) is 25.3 Å². The quantitative estimate of drug-likeness (QED) is 0.754. The second-order valence-corrected chi connectivity index (χ2v) is 4.59. The molecule has 1 amide bonds. The molecular formula is C14H22N2O3. The summed E-state index contributed by atoms with van der Waals surface area (Å²) in [6, 6.07) is 7.46. The van der Waals surface area contributed by atoms with Gasteiger partial charge >= 0.3 is 0 Å². The first kappa shape index (κ1) is 15.6. The molecule has 0 aliphatic heterocycles. The molecule has 0 spiro atoms. The lowest BCUT2D eigenvalue weighted by Crippen LogP contribution is -2.31. The van der Waals surface area contributed by atoms with Gasteiger partial charge in [0.2, 0.25) is 0 Å². The molecule has 1 rings (SSSR count). The number of hydrogen-bond donors (Lipinski definition) is 2. The van der Waals surface area contributed by atoms with Crippen LogP contribution < -0.4 is 5.32 Å². The Balaban J connectivity index is 2.59. The van der Waals surface area contributed by atoms with Gasteiger partial charge in [-0.2, -0.15) is 0 Å². The van der Waals surface area contributed by atoms with E-state index in [4.69, 9.17) is 4.74 Å². The van der Waals surface area contributed by atoms with Gasteiger partial charge in [-0.1, -0.05) is 12.1 Å². The molecule has 19 heavy (non-hydrogen) atoms. The van der Waals surface area contributed by atoms with Crippen LogP contribution in [0, 0.1) is 0 Å². The third-order valence-electron chi connectivity index (χ3n) is 2.75. The molecule has 0 fully saturated rings. The predicted octanol–water partition coefficient (Wildman–Crippen LogP) is 0.485. The third kappa shape index (κ3) is 5.38. The second-order valence-electron chi connectivity index (χ2n) is 4.59. The molecule has 106 valence electrons. The SMILES string of the molecule is CNC(=O)c1cccc(CN(C)C[C@H](O)COC)c1. The summed E-state index contributed by atoms with van der Waals surface area (Å²) in [5, 5.41) is 12.2. The zero-order chi connectivity index (χ0) is 14.3. The van der Waals surface area contributed by atoms with Crippen molar-refractivity contribution in [2.45, 2.75) is 12.6 Å². The lowest BCUT2D eigenvalue weighted by atomic mass is 10.1. The topological polar surface area (TPSA) is 61.8 Å². The number of carbonyl (C=O) groups excluding carboxylic acids is 1. The van der Waals surface area contributed by atoms with E-state index in [1.807, 2.05) is 30.1 Å². The maximum absolute atomic E-state index is 11.5. The number of nitrogens with zero attached hydrogens (tertiary/aromatic N) is 1. The Hall–Kier alpha value is -1.43. The molecule has 0 aliphatic carbocycles. The van der Waals surface area contributed by atoms with Crippen molar-refractivity contribution >= 4 is 5.91 Å². The van der Waals surface area contributed by atoms with Crippen molar-refractivity contribution in [2.75, 3.05) is 34.4 Å². The highest BCUT2D eigenvalue weighted by Crippen LogP contribution is 2.08. The summed E-state index contributed by atoms with van der Waals surface area (Å²) in [5.74, 6) is -0.0936. The lowest BCUT2D eigenvalue weighted by molar-refractivity contribution is 0.0419. The van der Waals surface area contributed by atoms with Crippen molar-refractivity contribution in [3.63, 3.8) is 0 Å². The van der Waals surface area contributed by atoms with Gasteiger partial charge in [0.15, 0.2) is 0 Å². The number of rotatable bonds is 7. The van der Waals surface area contributed by atoms with Crippen LogP contribution in [0.2, 0.25) is 0 Å². The standard InChI is InChI=1S/C14H22N2O3/c1-15-14(18)12-6-4-5-11(7-12)8-16(2)9-13(17)10-19-3/h4-7,13,17H,8-10H2,1-3H3,(H,15,18)/t13-/m0/s1. The largest absolute Gasteiger partial charge is 0.389 e. The van der Waals surface area contributed by atoms with Crippen molar-refractivity contribution in [1.82, 2.24) is 10.2 Å². The Morgan fingerprint density at radius 1 is 1.53 bits per heavy atom. The highest BCUT2D eigenvalue weighted by atomic mass is 16.5. The zero-order valence-corrected chi connectivity index (χ0v) is 11.7. The van der Waals surface area contributed by atoms with E-state index in [-0.39, 0.29) is 5.91 Å². The van der Waals surface area contributed by atoms with Gasteiger partial charge in [-0.3, -0.25) is 9.69 Å². The van der Waals surface area contributed by atoms with Crippen molar-refractivity contribution in [3.8, 4) is 0 Å². The molecule has 1 aromatic carbocycles. The summed E-state index contributed by atoms with van der Waals surface area (Å²) >= 11 is 0. The lowest BCUT2D eigenvalue weighted by Gasteiger charge is -2.20. The van der Waals surface area contributed by atoms with Crippen LogP contribution in [0.1, 0.15) is 15.9 Å². The van der Waals surface area contributed by atoms with Gasteiger partial charge in [0, 0.05) is 32.8 Å². The van der Waals surface area contributed by atoms with Crippen molar-refractivity contribution < 1.29 is 14.6 Å². The normalized spacial score (nSPS) is 12.5. The van der Waals surface area contributed by atoms with E-state index >= 15 is 0 Å². The Kier molecular flexibility index (Phi) is 6.49. The van der Waals surface area contributed by atoms with Crippen LogP contribution >= 0.6 is 0 Å². The zero-order valence-electron chi connectivity index (χ0n) is 11.7. The van der Waals surface area contributed by atoms with E-state index in [1.165, 1.54) is 0 Å². The van der Waals surface area contributed by atoms with E-state index in [9.17, 15) is 9.90 Å². The number of likely N-dealkylation sites (N-methyl/N-ethyl adjacent to an activating group) is 1. The van der Waals surface area contributed by atoms with Crippen LogP contribution in [0.4, 0.5) is 0 Å². The van der Waals surface area contributed by atoms with Gasteiger partial charge in [-0.05, 0) is 24.7 Å². The molecule has 1 atom stereocenters. The van der Waals surface area contributed by atoms with Gasteiger partial charge in [0.1, 0.15) is 0 Å². The number of ether oxygens (including phenoxy) is 1. The van der Waals surface area contributed by atoms with Gasteiger partial charge in [0.05, 0.1) is 12.7 Å². The maximum atomic E-state index is 11.5. The molecule has 0 radical (unpaired) electrons. The van der Waals surface area contributed by atoms with E-state index in [2.05, 4.69) is 5.32 Å². The summed E-state index contributed by atoms with van der Waals surface area (Å²) in [4.78, 5) is 13.5. The van der Waals surface area contributed by atoms with Crippen molar-refractivity contribution in [2.24, 2.45) is 0 Å². The Morgan fingerprint density at radius 2 is 2.26 bits per heavy atom. The van der Waals surface area contributed by atoms with Gasteiger partial charge in [0.25, 0.3) is 5.91 Å². The summed E-state index contributed by atoms with van der Waals surface area (Å²) in [6.45, 7) is 1.52. The van der Waals surface area contributed by atoms with Crippen molar-refractivity contribution in [1.29, 1.82) is 0 Å². The number of amides is 1. The molecule has 0 saturated carbocycles. The van der Waals surface area contributed by atoms with E-state index < -0.39 is 6.10 Å². The Labute approximate surface area is 114 Å². The summed E-state index contributed by atoms with van der Waals surface area (Å²) < 4.78 is 4.89.